The zero-order chi connectivity index (χ0) is 12.4. The van der Waals surface area contributed by atoms with Crippen molar-refractivity contribution in [1.82, 2.24) is 0 Å². The second-order valence-corrected chi connectivity index (χ2v) is 4.25. The number of rotatable bonds is 10. The van der Waals surface area contributed by atoms with Crippen molar-refractivity contribution in [2.45, 2.75) is 58.3 Å². The predicted molar refractivity (Wildman–Crippen MR) is 62.9 cm³/mol. The van der Waals surface area contributed by atoms with Gasteiger partial charge >= 0.3 is 5.97 Å². The summed E-state index contributed by atoms with van der Waals surface area (Å²) in [6.07, 6.45) is 7.26. The highest BCUT2D eigenvalue weighted by Crippen LogP contribution is 2.15. The van der Waals surface area contributed by atoms with E-state index in [2.05, 4.69) is 6.92 Å². The number of amides is 1. The molecule has 0 aliphatic carbocycles. The minimum Gasteiger partial charge on any atom is -0.481 e. The molecule has 0 saturated carbocycles. The van der Waals surface area contributed by atoms with Gasteiger partial charge in [-0.15, -0.1) is 0 Å². The predicted octanol–water partition coefficient (Wildman–Crippen LogP) is 2.31. The van der Waals surface area contributed by atoms with E-state index in [4.69, 9.17) is 10.8 Å². The van der Waals surface area contributed by atoms with E-state index in [0.29, 0.717) is 6.42 Å². The molecule has 1 atom stereocenters. The van der Waals surface area contributed by atoms with E-state index < -0.39 is 17.8 Å². The minimum absolute atomic E-state index is 0.135. The standard InChI is InChI=1S/C12H23NO3/c1-2-3-4-5-6-7-8-10(12(13)16)9-11(14)15/h10H,2-9H2,1H3,(H2,13,16)(H,14,15). The Labute approximate surface area is 97.2 Å². The number of carboxylic acid groups (broad SMARTS) is 1. The second kappa shape index (κ2) is 9.19. The zero-order valence-electron chi connectivity index (χ0n) is 10.1. The summed E-state index contributed by atoms with van der Waals surface area (Å²) in [4.78, 5) is 21.4. The van der Waals surface area contributed by atoms with E-state index in [9.17, 15) is 9.59 Å². The molecule has 4 nitrogen and oxygen atoms in total. The minimum atomic E-state index is -0.949. The molecule has 0 radical (unpaired) electrons. The van der Waals surface area contributed by atoms with Gasteiger partial charge in [0.25, 0.3) is 0 Å². The molecular formula is C12H23NO3. The fourth-order valence-corrected chi connectivity index (χ4v) is 1.73. The maximum Gasteiger partial charge on any atom is 0.304 e. The van der Waals surface area contributed by atoms with Gasteiger partial charge in [-0.2, -0.15) is 0 Å². The van der Waals surface area contributed by atoms with Crippen LogP contribution in [-0.4, -0.2) is 17.0 Å². The molecule has 1 unspecified atom stereocenters. The van der Waals surface area contributed by atoms with Gasteiger partial charge in [-0.3, -0.25) is 9.59 Å². The van der Waals surface area contributed by atoms with E-state index in [1.807, 2.05) is 0 Å². The Morgan fingerprint density at radius 3 is 2.19 bits per heavy atom. The molecular weight excluding hydrogens is 206 g/mol. The lowest BCUT2D eigenvalue weighted by Crippen LogP contribution is -2.25. The van der Waals surface area contributed by atoms with Crippen molar-refractivity contribution in [1.29, 1.82) is 0 Å². The average molecular weight is 229 g/mol. The maximum atomic E-state index is 11.0. The smallest absolute Gasteiger partial charge is 0.304 e. The van der Waals surface area contributed by atoms with Crippen LogP contribution >= 0.6 is 0 Å². The fourth-order valence-electron chi connectivity index (χ4n) is 1.73. The van der Waals surface area contributed by atoms with Crippen molar-refractivity contribution in [2.75, 3.05) is 0 Å². The van der Waals surface area contributed by atoms with Crippen molar-refractivity contribution in [3.63, 3.8) is 0 Å². The third kappa shape index (κ3) is 8.26. The molecule has 0 aromatic rings. The number of hydrogen-bond acceptors (Lipinski definition) is 2. The first kappa shape index (κ1) is 14.9. The average Bonchev–Trinajstić information content (AvgIpc) is 2.20. The number of carbonyl (C=O) groups excluding carboxylic acids is 1. The molecule has 4 heteroatoms. The number of carbonyl (C=O) groups is 2. The number of aliphatic carboxylic acids is 1. The number of carboxylic acids is 1. The Balaban J connectivity index is 3.60. The third-order valence-electron chi connectivity index (χ3n) is 2.73. The topological polar surface area (TPSA) is 80.4 Å². The Morgan fingerprint density at radius 1 is 1.12 bits per heavy atom. The first-order valence-corrected chi connectivity index (χ1v) is 6.09. The van der Waals surface area contributed by atoms with Gasteiger partial charge in [0.2, 0.25) is 5.91 Å². The number of primary amides is 1. The Bertz CT molecular complexity index is 216. The Hall–Kier alpha value is -1.06. The van der Waals surface area contributed by atoms with E-state index in [1.54, 1.807) is 0 Å². The largest absolute Gasteiger partial charge is 0.481 e. The van der Waals surface area contributed by atoms with Crippen LogP contribution in [0.1, 0.15) is 58.3 Å². The van der Waals surface area contributed by atoms with Crippen LogP contribution in [-0.2, 0) is 9.59 Å². The van der Waals surface area contributed by atoms with Gasteiger partial charge in [0.15, 0.2) is 0 Å². The van der Waals surface area contributed by atoms with Crippen LogP contribution < -0.4 is 5.73 Å². The van der Waals surface area contributed by atoms with Gasteiger partial charge in [0.1, 0.15) is 0 Å². The van der Waals surface area contributed by atoms with E-state index in [0.717, 1.165) is 19.3 Å². The van der Waals surface area contributed by atoms with E-state index >= 15 is 0 Å². The maximum absolute atomic E-state index is 11.0. The summed E-state index contributed by atoms with van der Waals surface area (Å²) >= 11 is 0. The van der Waals surface area contributed by atoms with Crippen LogP contribution in [0, 0.1) is 5.92 Å². The highest BCUT2D eigenvalue weighted by atomic mass is 16.4. The molecule has 0 fully saturated rings. The summed E-state index contributed by atoms with van der Waals surface area (Å²) in [6, 6.07) is 0. The van der Waals surface area contributed by atoms with E-state index in [-0.39, 0.29) is 6.42 Å². The Morgan fingerprint density at radius 2 is 1.69 bits per heavy atom. The van der Waals surface area contributed by atoms with Crippen molar-refractivity contribution in [2.24, 2.45) is 11.7 Å². The van der Waals surface area contributed by atoms with Crippen molar-refractivity contribution in [3.8, 4) is 0 Å². The summed E-state index contributed by atoms with van der Waals surface area (Å²) in [5.74, 6) is -1.94. The SMILES string of the molecule is CCCCCCCCC(CC(=O)O)C(N)=O. The van der Waals surface area contributed by atoms with Crippen LogP contribution in [0.5, 0.6) is 0 Å². The summed E-state index contributed by atoms with van der Waals surface area (Å²) in [5, 5.41) is 8.60. The van der Waals surface area contributed by atoms with Gasteiger partial charge in [0.05, 0.1) is 6.42 Å². The van der Waals surface area contributed by atoms with Crippen molar-refractivity contribution >= 4 is 11.9 Å². The fraction of sp³-hybridized carbons (Fsp3) is 0.833. The molecule has 0 aromatic heterocycles. The molecule has 0 saturated heterocycles. The quantitative estimate of drug-likeness (QED) is 0.564. The number of unbranched alkanes of at least 4 members (excludes halogenated alkanes) is 5. The highest BCUT2D eigenvalue weighted by Gasteiger charge is 2.18. The van der Waals surface area contributed by atoms with Crippen molar-refractivity contribution in [3.05, 3.63) is 0 Å². The normalized spacial score (nSPS) is 12.3. The van der Waals surface area contributed by atoms with Crippen LogP contribution in [0.25, 0.3) is 0 Å². The summed E-state index contributed by atoms with van der Waals surface area (Å²) < 4.78 is 0. The summed E-state index contributed by atoms with van der Waals surface area (Å²) in [5.41, 5.74) is 5.15. The molecule has 0 spiro atoms. The molecule has 0 rings (SSSR count). The van der Waals surface area contributed by atoms with Crippen LogP contribution in [0.3, 0.4) is 0 Å². The molecule has 0 aliphatic rings. The van der Waals surface area contributed by atoms with Crippen LogP contribution in [0.4, 0.5) is 0 Å². The lowest BCUT2D eigenvalue weighted by Gasteiger charge is -2.10. The molecule has 1 amide bonds. The molecule has 0 bridgehead atoms. The molecule has 3 N–H and O–H groups in total. The molecule has 0 aromatic carbocycles. The monoisotopic (exact) mass is 229 g/mol. The van der Waals surface area contributed by atoms with Crippen molar-refractivity contribution < 1.29 is 14.7 Å². The molecule has 94 valence electrons. The third-order valence-corrected chi connectivity index (χ3v) is 2.73. The van der Waals surface area contributed by atoms with Gasteiger partial charge in [0, 0.05) is 5.92 Å². The zero-order valence-corrected chi connectivity index (χ0v) is 10.1. The van der Waals surface area contributed by atoms with Gasteiger partial charge in [-0.05, 0) is 6.42 Å². The number of hydrogen-bond donors (Lipinski definition) is 2. The number of nitrogens with two attached hydrogens (primary N) is 1. The first-order valence-electron chi connectivity index (χ1n) is 6.09. The van der Waals surface area contributed by atoms with Gasteiger partial charge in [-0.25, -0.2) is 0 Å². The lowest BCUT2D eigenvalue weighted by atomic mass is 9.96. The molecule has 16 heavy (non-hydrogen) atoms. The van der Waals surface area contributed by atoms with Gasteiger partial charge < -0.3 is 10.8 Å². The Kier molecular flexibility index (Phi) is 8.58. The molecule has 0 aliphatic heterocycles. The summed E-state index contributed by atoms with van der Waals surface area (Å²) in [6.45, 7) is 2.16. The molecule has 0 heterocycles. The lowest BCUT2D eigenvalue weighted by molar-refractivity contribution is -0.140. The van der Waals surface area contributed by atoms with Crippen LogP contribution in [0.15, 0.2) is 0 Å². The second-order valence-electron chi connectivity index (χ2n) is 4.25. The van der Waals surface area contributed by atoms with Crippen LogP contribution in [0.2, 0.25) is 0 Å². The first-order chi connectivity index (χ1) is 7.57. The van der Waals surface area contributed by atoms with E-state index in [1.165, 1.54) is 19.3 Å². The summed E-state index contributed by atoms with van der Waals surface area (Å²) in [7, 11) is 0. The highest BCUT2D eigenvalue weighted by molar-refractivity contribution is 5.81. The van der Waals surface area contributed by atoms with Gasteiger partial charge in [-0.1, -0.05) is 45.4 Å².